The van der Waals surface area contributed by atoms with Crippen LogP contribution >= 0.6 is 0 Å². The van der Waals surface area contributed by atoms with Gasteiger partial charge in [-0.05, 0) is 30.7 Å². The Bertz CT molecular complexity index is 688. The molecule has 110 valence electrons. The molecule has 0 amide bonds. The molecule has 1 fully saturated rings. The Morgan fingerprint density at radius 2 is 2.05 bits per heavy atom. The number of ether oxygens (including phenoxy) is 2. The third kappa shape index (κ3) is 2.72. The second-order valence-corrected chi connectivity index (χ2v) is 5.00. The molecule has 0 spiro atoms. The number of rotatable bonds is 3. The van der Waals surface area contributed by atoms with Gasteiger partial charge in [-0.15, -0.1) is 0 Å². The van der Waals surface area contributed by atoms with Crippen molar-refractivity contribution in [2.45, 2.75) is 19.1 Å². The summed E-state index contributed by atoms with van der Waals surface area (Å²) >= 11 is 0. The number of aromatic amines is 1. The topological polar surface area (TPSA) is 64.2 Å². The first kappa shape index (κ1) is 13.9. The van der Waals surface area contributed by atoms with Crippen molar-refractivity contribution in [1.82, 2.24) is 10.2 Å². The molecule has 2 heterocycles. The Hall–Kier alpha value is -2.05. The van der Waals surface area contributed by atoms with E-state index in [1.807, 2.05) is 0 Å². The summed E-state index contributed by atoms with van der Waals surface area (Å²) in [6, 6.07) is 7.80. The molecule has 0 unspecified atom stereocenters. The summed E-state index contributed by atoms with van der Waals surface area (Å²) < 4.78 is 25.0. The quantitative estimate of drug-likeness (QED) is 0.933. The molecule has 0 atom stereocenters. The van der Waals surface area contributed by atoms with Gasteiger partial charge in [0.25, 0.3) is 5.56 Å². The lowest BCUT2D eigenvalue weighted by Gasteiger charge is -2.27. The molecule has 1 saturated heterocycles. The van der Waals surface area contributed by atoms with Gasteiger partial charge in [0.05, 0.1) is 25.3 Å². The second kappa shape index (κ2) is 5.38. The zero-order valence-electron chi connectivity index (χ0n) is 11.6. The maximum atomic E-state index is 13.4. The molecular formula is C15H15FN2O3. The molecule has 1 aromatic heterocycles. The fourth-order valence-corrected chi connectivity index (χ4v) is 2.42. The zero-order valence-corrected chi connectivity index (χ0v) is 11.6. The van der Waals surface area contributed by atoms with Gasteiger partial charge < -0.3 is 9.47 Å². The highest BCUT2D eigenvalue weighted by Gasteiger charge is 2.39. The normalized spacial score (nSPS) is 17.0. The van der Waals surface area contributed by atoms with E-state index in [9.17, 15) is 9.18 Å². The minimum Gasteiger partial charge on any atom is -0.343 e. The van der Waals surface area contributed by atoms with Gasteiger partial charge in [0.1, 0.15) is 5.82 Å². The standard InChI is InChI=1S/C15H15FN2O3/c1-10-8-11(2-4-13(10)16)15(20-6-7-21-15)9-12-3-5-14(19)18-17-12/h2-5,8H,6-7,9H2,1H3,(H,18,19). The molecule has 0 aliphatic carbocycles. The van der Waals surface area contributed by atoms with Crippen LogP contribution in [0.2, 0.25) is 0 Å². The van der Waals surface area contributed by atoms with Crippen LogP contribution in [0.15, 0.2) is 35.1 Å². The molecule has 3 rings (SSSR count). The van der Waals surface area contributed by atoms with Crippen molar-refractivity contribution in [3.8, 4) is 0 Å². The Balaban J connectivity index is 1.97. The lowest BCUT2D eigenvalue weighted by molar-refractivity contribution is -0.165. The summed E-state index contributed by atoms with van der Waals surface area (Å²) in [7, 11) is 0. The molecule has 6 heteroatoms. The maximum Gasteiger partial charge on any atom is 0.264 e. The zero-order chi connectivity index (χ0) is 14.9. The highest BCUT2D eigenvalue weighted by molar-refractivity contribution is 5.29. The Kier molecular flexibility index (Phi) is 3.57. The predicted molar refractivity (Wildman–Crippen MR) is 73.3 cm³/mol. The summed E-state index contributed by atoms with van der Waals surface area (Å²) in [5.41, 5.74) is 1.64. The monoisotopic (exact) mass is 290 g/mol. The summed E-state index contributed by atoms with van der Waals surface area (Å²) in [4.78, 5) is 11.1. The molecule has 21 heavy (non-hydrogen) atoms. The fraction of sp³-hybridized carbons (Fsp3) is 0.333. The Morgan fingerprint density at radius 3 is 2.67 bits per heavy atom. The molecule has 0 saturated carbocycles. The molecule has 5 nitrogen and oxygen atoms in total. The highest BCUT2D eigenvalue weighted by atomic mass is 19.1. The molecule has 1 aliphatic rings. The van der Waals surface area contributed by atoms with Crippen molar-refractivity contribution < 1.29 is 13.9 Å². The van der Waals surface area contributed by atoms with E-state index in [-0.39, 0.29) is 11.4 Å². The van der Waals surface area contributed by atoms with E-state index in [4.69, 9.17) is 9.47 Å². The van der Waals surface area contributed by atoms with E-state index >= 15 is 0 Å². The van der Waals surface area contributed by atoms with Gasteiger partial charge in [0.2, 0.25) is 5.79 Å². The van der Waals surface area contributed by atoms with Gasteiger partial charge in [-0.3, -0.25) is 4.79 Å². The molecule has 0 bridgehead atoms. The maximum absolute atomic E-state index is 13.4. The number of H-pyrrole nitrogens is 1. The number of hydrogen-bond donors (Lipinski definition) is 1. The second-order valence-electron chi connectivity index (χ2n) is 5.00. The summed E-state index contributed by atoms with van der Waals surface area (Å²) in [5, 5.41) is 6.37. The highest BCUT2D eigenvalue weighted by Crippen LogP contribution is 2.35. The van der Waals surface area contributed by atoms with Gasteiger partial charge in [0, 0.05) is 11.6 Å². The average Bonchev–Trinajstić information content (AvgIpc) is 2.94. The number of benzene rings is 1. The fourth-order valence-electron chi connectivity index (χ4n) is 2.42. The van der Waals surface area contributed by atoms with E-state index in [1.54, 1.807) is 25.1 Å². The molecule has 0 radical (unpaired) electrons. The summed E-state index contributed by atoms with van der Waals surface area (Å²) in [6.07, 6.45) is 0.342. The van der Waals surface area contributed by atoms with Crippen LogP contribution in [0.3, 0.4) is 0 Å². The number of aryl methyl sites for hydroxylation is 1. The molecule has 2 aromatic rings. The minimum atomic E-state index is -0.982. The van der Waals surface area contributed by atoms with Gasteiger partial charge in [-0.1, -0.05) is 6.07 Å². The van der Waals surface area contributed by atoms with Crippen LogP contribution in [0.25, 0.3) is 0 Å². The Morgan fingerprint density at radius 1 is 1.29 bits per heavy atom. The summed E-state index contributed by atoms with van der Waals surface area (Å²) in [5.74, 6) is -1.25. The van der Waals surface area contributed by atoms with Crippen molar-refractivity contribution in [3.63, 3.8) is 0 Å². The van der Waals surface area contributed by atoms with E-state index in [0.29, 0.717) is 30.9 Å². The SMILES string of the molecule is Cc1cc(C2(Cc3ccc(=O)[nH]n3)OCCO2)ccc1F. The lowest BCUT2D eigenvalue weighted by atomic mass is 9.98. The third-order valence-electron chi connectivity index (χ3n) is 3.50. The number of hydrogen-bond acceptors (Lipinski definition) is 4. The van der Waals surface area contributed by atoms with Crippen molar-refractivity contribution in [2.75, 3.05) is 13.2 Å². The van der Waals surface area contributed by atoms with Gasteiger partial charge in [0.15, 0.2) is 0 Å². The first-order chi connectivity index (χ1) is 10.1. The Labute approximate surface area is 120 Å². The number of nitrogens with zero attached hydrogens (tertiary/aromatic N) is 1. The predicted octanol–water partition coefficient (Wildman–Crippen LogP) is 1.66. The van der Waals surface area contributed by atoms with Crippen LogP contribution in [0.1, 0.15) is 16.8 Å². The van der Waals surface area contributed by atoms with Crippen LogP contribution in [0.4, 0.5) is 4.39 Å². The first-order valence-corrected chi connectivity index (χ1v) is 6.68. The van der Waals surface area contributed by atoms with Gasteiger partial charge in [-0.25, -0.2) is 9.49 Å². The smallest absolute Gasteiger partial charge is 0.264 e. The van der Waals surface area contributed by atoms with Crippen LogP contribution in [-0.4, -0.2) is 23.4 Å². The number of nitrogens with one attached hydrogen (secondary N) is 1. The van der Waals surface area contributed by atoms with Crippen LogP contribution < -0.4 is 5.56 Å². The van der Waals surface area contributed by atoms with Crippen molar-refractivity contribution in [1.29, 1.82) is 0 Å². The van der Waals surface area contributed by atoms with Crippen LogP contribution in [0.5, 0.6) is 0 Å². The van der Waals surface area contributed by atoms with E-state index in [2.05, 4.69) is 10.2 Å². The third-order valence-corrected chi connectivity index (χ3v) is 3.50. The van der Waals surface area contributed by atoms with Crippen molar-refractivity contribution in [2.24, 2.45) is 0 Å². The average molecular weight is 290 g/mol. The van der Waals surface area contributed by atoms with Crippen LogP contribution in [-0.2, 0) is 21.7 Å². The van der Waals surface area contributed by atoms with E-state index in [1.165, 1.54) is 12.1 Å². The van der Waals surface area contributed by atoms with E-state index in [0.717, 1.165) is 5.56 Å². The van der Waals surface area contributed by atoms with Crippen LogP contribution in [0, 0.1) is 12.7 Å². The lowest BCUT2D eigenvalue weighted by Crippen LogP contribution is -2.31. The molecular weight excluding hydrogens is 275 g/mol. The largest absolute Gasteiger partial charge is 0.343 e. The van der Waals surface area contributed by atoms with E-state index < -0.39 is 5.79 Å². The van der Waals surface area contributed by atoms with Crippen molar-refractivity contribution in [3.05, 3.63) is 63.3 Å². The number of halogens is 1. The molecule has 1 N–H and O–H groups in total. The summed E-state index contributed by atoms with van der Waals surface area (Å²) in [6.45, 7) is 2.61. The van der Waals surface area contributed by atoms with Gasteiger partial charge in [-0.2, -0.15) is 5.10 Å². The molecule has 1 aliphatic heterocycles. The molecule has 1 aromatic carbocycles. The van der Waals surface area contributed by atoms with Crippen molar-refractivity contribution >= 4 is 0 Å². The first-order valence-electron chi connectivity index (χ1n) is 6.68. The minimum absolute atomic E-state index is 0.265. The number of aromatic nitrogens is 2. The van der Waals surface area contributed by atoms with Gasteiger partial charge >= 0.3 is 0 Å².